The van der Waals surface area contributed by atoms with Crippen LogP contribution in [0.1, 0.15) is 55.1 Å². The van der Waals surface area contributed by atoms with E-state index < -0.39 is 0 Å². The van der Waals surface area contributed by atoms with Crippen LogP contribution in [0.5, 0.6) is 0 Å². The summed E-state index contributed by atoms with van der Waals surface area (Å²) in [6.45, 7) is 6.55. The minimum atomic E-state index is 0.479. The van der Waals surface area contributed by atoms with Gasteiger partial charge in [-0.15, -0.1) is 0 Å². The fourth-order valence-corrected chi connectivity index (χ4v) is 4.04. The maximum atomic E-state index is 5.03. The van der Waals surface area contributed by atoms with E-state index in [0.717, 1.165) is 56.8 Å². The van der Waals surface area contributed by atoms with E-state index in [1.165, 1.54) is 23.1 Å². The van der Waals surface area contributed by atoms with E-state index in [-0.39, 0.29) is 0 Å². The zero-order chi connectivity index (χ0) is 15.6. The molecule has 0 saturated carbocycles. The van der Waals surface area contributed by atoms with Crippen molar-refractivity contribution in [1.29, 1.82) is 0 Å². The Kier molecular flexibility index (Phi) is 4.27. The molecule has 0 amide bonds. The minimum Gasteiger partial charge on any atom is -0.316 e. The Hall–Kier alpha value is -1.52. The van der Waals surface area contributed by atoms with Crippen LogP contribution < -0.4 is 10.6 Å². The van der Waals surface area contributed by atoms with Crippen molar-refractivity contribution in [2.45, 2.75) is 44.4 Å². The normalized spacial score (nSPS) is 24.6. The van der Waals surface area contributed by atoms with Gasteiger partial charge in [-0.1, -0.05) is 25.5 Å². The molecule has 4 rings (SSSR count). The van der Waals surface area contributed by atoms with Gasteiger partial charge >= 0.3 is 0 Å². The average molecular weight is 310 g/mol. The Bertz CT molecular complexity index is 685. The number of nitrogens with one attached hydrogen (secondary N) is 2. The van der Waals surface area contributed by atoms with Crippen molar-refractivity contribution in [3.05, 3.63) is 35.3 Å². The van der Waals surface area contributed by atoms with Gasteiger partial charge in [0, 0.05) is 24.4 Å². The summed E-state index contributed by atoms with van der Waals surface area (Å²) in [5, 5.41) is 8.26. The molecule has 2 aliphatic rings. The van der Waals surface area contributed by atoms with Crippen molar-refractivity contribution in [3.8, 4) is 0 Å². The third-order valence-electron chi connectivity index (χ3n) is 5.26. The van der Waals surface area contributed by atoms with Crippen LogP contribution in [0.3, 0.4) is 0 Å². The van der Waals surface area contributed by atoms with Gasteiger partial charge in [0.1, 0.15) is 5.82 Å². The molecule has 2 saturated heterocycles. The molecule has 2 N–H and O–H groups in total. The van der Waals surface area contributed by atoms with Crippen LogP contribution in [0.15, 0.2) is 18.2 Å². The van der Waals surface area contributed by atoms with Gasteiger partial charge in [-0.2, -0.15) is 0 Å². The number of nitrogens with zero attached hydrogens (tertiary/aromatic N) is 2. The molecule has 0 spiro atoms. The van der Waals surface area contributed by atoms with Crippen LogP contribution in [0.4, 0.5) is 0 Å². The predicted octanol–water partition coefficient (Wildman–Crippen LogP) is 2.74. The molecule has 2 aromatic rings. The number of hydrogen-bond donors (Lipinski definition) is 2. The maximum Gasteiger partial charge on any atom is 0.133 e. The quantitative estimate of drug-likeness (QED) is 0.912. The van der Waals surface area contributed by atoms with Crippen molar-refractivity contribution in [2.24, 2.45) is 0 Å². The molecular formula is C19H26N4. The molecule has 4 nitrogen and oxygen atoms in total. The number of fused-ring (bicyclic) bond motifs is 1. The van der Waals surface area contributed by atoms with E-state index in [2.05, 4.69) is 35.8 Å². The molecule has 23 heavy (non-hydrogen) atoms. The highest BCUT2D eigenvalue weighted by Gasteiger charge is 2.24. The Morgan fingerprint density at radius 3 is 2.52 bits per heavy atom. The molecule has 1 aromatic heterocycles. The first kappa shape index (κ1) is 15.0. The Morgan fingerprint density at radius 2 is 1.83 bits per heavy atom. The second-order valence-electron chi connectivity index (χ2n) is 6.90. The summed E-state index contributed by atoms with van der Waals surface area (Å²) < 4.78 is 0. The molecule has 3 heterocycles. The first-order valence-electron chi connectivity index (χ1n) is 9.07. The summed E-state index contributed by atoms with van der Waals surface area (Å²) in [5.74, 6) is 2.14. The SMILES string of the molecule is CCCc1nc(C2CCNC2)nc2cccc(C3CCNC3)c12. The summed E-state index contributed by atoms with van der Waals surface area (Å²) >= 11 is 0. The van der Waals surface area contributed by atoms with E-state index in [4.69, 9.17) is 9.97 Å². The Labute approximate surface area is 138 Å². The number of benzene rings is 1. The highest BCUT2D eigenvalue weighted by Crippen LogP contribution is 2.32. The van der Waals surface area contributed by atoms with Gasteiger partial charge < -0.3 is 10.6 Å². The van der Waals surface area contributed by atoms with Gasteiger partial charge in [-0.3, -0.25) is 0 Å². The summed E-state index contributed by atoms with van der Waals surface area (Å²) in [4.78, 5) is 9.99. The molecule has 0 radical (unpaired) electrons. The zero-order valence-corrected chi connectivity index (χ0v) is 13.9. The highest BCUT2D eigenvalue weighted by atomic mass is 15.0. The number of rotatable bonds is 4. The van der Waals surface area contributed by atoms with E-state index >= 15 is 0 Å². The second kappa shape index (κ2) is 6.54. The van der Waals surface area contributed by atoms with Gasteiger partial charge in [0.2, 0.25) is 0 Å². The lowest BCUT2D eigenvalue weighted by Gasteiger charge is -2.17. The Morgan fingerprint density at radius 1 is 1.04 bits per heavy atom. The molecule has 1 aromatic carbocycles. The molecule has 0 bridgehead atoms. The van der Waals surface area contributed by atoms with Gasteiger partial charge in [0.25, 0.3) is 0 Å². The number of hydrogen-bond acceptors (Lipinski definition) is 4. The van der Waals surface area contributed by atoms with Crippen molar-refractivity contribution in [3.63, 3.8) is 0 Å². The number of aromatic nitrogens is 2. The molecule has 4 heteroatoms. The summed E-state index contributed by atoms with van der Waals surface area (Å²) in [6.07, 6.45) is 4.55. The molecule has 0 aliphatic carbocycles. The van der Waals surface area contributed by atoms with E-state index in [0.29, 0.717) is 11.8 Å². The lowest BCUT2D eigenvalue weighted by molar-refractivity contribution is 0.695. The van der Waals surface area contributed by atoms with Crippen LogP contribution in [0, 0.1) is 0 Å². The molecule has 122 valence electrons. The van der Waals surface area contributed by atoms with Gasteiger partial charge in [-0.25, -0.2) is 9.97 Å². The van der Waals surface area contributed by atoms with Crippen molar-refractivity contribution in [2.75, 3.05) is 26.2 Å². The Balaban J connectivity index is 1.85. The van der Waals surface area contributed by atoms with Crippen LogP contribution >= 0.6 is 0 Å². The van der Waals surface area contributed by atoms with Gasteiger partial charge in [-0.05, 0) is 49.9 Å². The largest absolute Gasteiger partial charge is 0.316 e. The van der Waals surface area contributed by atoms with Crippen LogP contribution in [0.25, 0.3) is 10.9 Å². The summed E-state index contributed by atoms with van der Waals surface area (Å²) in [7, 11) is 0. The molecule has 2 atom stereocenters. The first-order chi connectivity index (χ1) is 11.4. The lowest BCUT2D eigenvalue weighted by Crippen LogP contribution is -2.13. The van der Waals surface area contributed by atoms with E-state index in [1.54, 1.807) is 0 Å². The zero-order valence-electron chi connectivity index (χ0n) is 13.9. The molecule has 2 fully saturated rings. The van der Waals surface area contributed by atoms with Crippen molar-refractivity contribution < 1.29 is 0 Å². The third-order valence-corrected chi connectivity index (χ3v) is 5.26. The van der Waals surface area contributed by atoms with Gasteiger partial charge in [0.05, 0.1) is 11.2 Å². The fourth-order valence-electron chi connectivity index (χ4n) is 4.04. The van der Waals surface area contributed by atoms with Crippen LogP contribution in [-0.2, 0) is 6.42 Å². The topological polar surface area (TPSA) is 49.8 Å². The lowest BCUT2D eigenvalue weighted by atomic mass is 9.92. The second-order valence-corrected chi connectivity index (χ2v) is 6.90. The third kappa shape index (κ3) is 2.86. The maximum absolute atomic E-state index is 5.03. The average Bonchev–Trinajstić information content (AvgIpc) is 3.28. The smallest absolute Gasteiger partial charge is 0.133 e. The highest BCUT2D eigenvalue weighted by molar-refractivity contribution is 5.85. The number of aryl methyl sites for hydroxylation is 1. The molecular weight excluding hydrogens is 284 g/mol. The summed E-state index contributed by atoms with van der Waals surface area (Å²) in [6, 6.07) is 6.64. The van der Waals surface area contributed by atoms with E-state index in [9.17, 15) is 0 Å². The molecule has 2 aliphatic heterocycles. The standard InChI is InChI=1S/C19H26N4/c1-2-4-16-18-15(13-7-9-20-11-13)5-3-6-17(18)23-19(22-16)14-8-10-21-12-14/h3,5-6,13-14,20-21H,2,4,7-12H2,1H3. The minimum absolute atomic E-state index is 0.479. The molecule has 2 unspecified atom stereocenters. The van der Waals surface area contributed by atoms with Crippen LogP contribution in [0.2, 0.25) is 0 Å². The summed E-state index contributed by atoms with van der Waals surface area (Å²) in [5.41, 5.74) is 3.86. The van der Waals surface area contributed by atoms with E-state index in [1.807, 2.05) is 0 Å². The van der Waals surface area contributed by atoms with Crippen molar-refractivity contribution >= 4 is 10.9 Å². The van der Waals surface area contributed by atoms with Crippen LogP contribution in [-0.4, -0.2) is 36.1 Å². The van der Waals surface area contributed by atoms with Crippen molar-refractivity contribution in [1.82, 2.24) is 20.6 Å². The predicted molar refractivity (Wildman–Crippen MR) is 94.0 cm³/mol. The monoisotopic (exact) mass is 310 g/mol. The fraction of sp³-hybridized carbons (Fsp3) is 0.579. The van der Waals surface area contributed by atoms with Gasteiger partial charge in [0.15, 0.2) is 0 Å². The first-order valence-corrected chi connectivity index (χ1v) is 9.07.